The van der Waals surface area contributed by atoms with E-state index in [0.29, 0.717) is 18.0 Å². The lowest BCUT2D eigenvalue weighted by Crippen LogP contribution is -2.50. The average molecular weight is 467 g/mol. The molecule has 0 fully saturated rings. The maximum Gasteiger partial charge on any atom is 0.242 e. The molecule has 0 aromatic heterocycles. The van der Waals surface area contributed by atoms with Gasteiger partial charge in [-0.15, -0.1) is 11.8 Å². The van der Waals surface area contributed by atoms with Crippen LogP contribution in [0.3, 0.4) is 0 Å². The number of hydrogen-bond acceptors (Lipinski definition) is 3. The first-order valence-electron chi connectivity index (χ1n) is 10.5. The Hall–Kier alpha value is -2.76. The van der Waals surface area contributed by atoms with Gasteiger partial charge in [-0.2, -0.15) is 0 Å². The second-order valence-corrected chi connectivity index (χ2v) is 9.00. The van der Waals surface area contributed by atoms with Crippen molar-refractivity contribution in [1.29, 1.82) is 0 Å². The van der Waals surface area contributed by atoms with Gasteiger partial charge >= 0.3 is 0 Å². The minimum absolute atomic E-state index is 0.0854. The molecular weight excluding hydrogens is 440 g/mol. The lowest BCUT2D eigenvalue weighted by Gasteiger charge is -2.31. The van der Waals surface area contributed by atoms with E-state index < -0.39 is 6.04 Å². The Bertz CT molecular complexity index is 1040. The Balaban J connectivity index is 1.87. The average Bonchev–Trinajstić information content (AvgIpc) is 2.82. The van der Waals surface area contributed by atoms with Crippen molar-refractivity contribution in [3.63, 3.8) is 0 Å². The first kappa shape index (κ1) is 23.9. The molecule has 0 heterocycles. The van der Waals surface area contributed by atoms with E-state index in [2.05, 4.69) is 5.32 Å². The lowest BCUT2D eigenvalue weighted by molar-refractivity contribution is -0.139. The monoisotopic (exact) mass is 466 g/mol. The van der Waals surface area contributed by atoms with E-state index in [1.54, 1.807) is 11.9 Å². The topological polar surface area (TPSA) is 49.4 Å². The predicted molar refractivity (Wildman–Crippen MR) is 132 cm³/mol. The van der Waals surface area contributed by atoms with Crippen LogP contribution < -0.4 is 5.32 Å². The van der Waals surface area contributed by atoms with E-state index in [9.17, 15) is 9.59 Å². The van der Waals surface area contributed by atoms with Crippen LogP contribution in [-0.2, 0) is 22.6 Å². The number of rotatable bonds is 9. The van der Waals surface area contributed by atoms with Crippen LogP contribution in [0.25, 0.3) is 0 Å². The molecule has 166 valence electrons. The Labute approximate surface area is 199 Å². The number of hydrogen-bond donors (Lipinski definition) is 1. The Kier molecular flexibility index (Phi) is 8.77. The molecule has 1 unspecified atom stereocenters. The third kappa shape index (κ3) is 6.62. The van der Waals surface area contributed by atoms with Gasteiger partial charge in [0.05, 0.1) is 5.75 Å². The van der Waals surface area contributed by atoms with Crippen LogP contribution in [0.5, 0.6) is 0 Å². The molecule has 0 saturated carbocycles. The standard InChI is InChI=1S/C26H27ClN2O2S/c1-19-8-6-7-11-21(19)17-29(25(30)18-32-23-14-12-22(27)13-15-23)24(26(31)28-2)16-20-9-4-3-5-10-20/h3-15,24H,16-18H2,1-2H3,(H,28,31). The number of carbonyl (C=O) groups is 2. The third-order valence-corrected chi connectivity index (χ3v) is 6.54. The van der Waals surface area contributed by atoms with Gasteiger partial charge in [0.15, 0.2) is 0 Å². The summed E-state index contributed by atoms with van der Waals surface area (Å²) < 4.78 is 0. The number of thioether (sulfide) groups is 1. The molecule has 3 rings (SSSR count). The molecule has 0 aliphatic heterocycles. The van der Waals surface area contributed by atoms with Crippen molar-refractivity contribution in [2.45, 2.75) is 30.8 Å². The van der Waals surface area contributed by atoms with Crippen LogP contribution in [0.15, 0.2) is 83.8 Å². The molecule has 1 N–H and O–H groups in total. The molecule has 32 heavy (non-hydrogen) atoms. The maximum atomic E-state index is 13.5. The summed E-state index contributed by atoms with van der Waals surface area (Å²) in [4.78, 5) is 29.0. The van der Waals surface area contributed by atoms with Crippen molar-refractivity contribution in [3.8, 4) is 0 Å². The Morgan fingerprint density at radius 3 is 2.28 bits per heavy atom. The van der Waals surface area contributed by atoms with E-state index in [-0.39, 0.29) is 17.6 Å². The number of benzene rings is 3. The Morgan fingerprint density at radius 1 is 0.969 bits per heavy atom. The molecule has 2 amide bonds. The van der Waals surface area contributed by atoms with Gasteiger partial charge < -0.3 is 10.2 Å². The molecule has 1 atom stereocenters. The van der Waals surface area contributed by atoms with Gasteiger partial charge in [0.1, 0.15) is 6.04 Å². The van der Waals surface area contributed by atoms with Crippen molar-refractivity contribution in [3.05, 3.63) is 101 Å². The van der Waals surface area contributed by atoms with Gasteiger partial charge in [-0.25, -0.2) is 0 Å². The molecule has 0 radical (unpaired) electrons. The third-order valence-electron chi connectivity index (χ3n) is 5.30. The van der Waals surface area contributed by atoms with Crippen molar-refractivity contribution in [2.24, 2.45) is 0 Å². The number of carbonyl (C=O) groups excluding carboxylic acids is 2. The summed E-state index contributed by atoms with van der Waals surface area (Å²) in [6.45, 7) is 2.39. The smallest absolute Gasteiger partial charge is 0.242 e. The van der Waals surface area contributed by atoms with Crippen LogP contribution in [-0.4, -0.2) is 35.6 Å². The van der Waals surface area contributed by atoms with Crippen LogP contribution in [0.4, 0.5) is 0 Å². The molecule has 0 bridgehead atoms. The van der Waals surface area contributed by atoms with Crippen LogP contribution in [0.2, 0.25) is 5.02 Å². The quantitative estimate of drug-likeness (QED) is 0.445. The number of amides is 2. The molecule has 3 aromatic rings. The second kappa shape index (κ2) is 11.7. The number of halogens is 1. The highest BCUT2D eigenvalue weighted by Gasteiger charge is 2.30. The first-order valence-corrected chi connectivity index (χ1v) is 11.8. The van der Waals surface area contributed by atoms with Crippen LogP contribution >= 0.6 is 23.4 Å². The second-order valence-electron chi connectivity index (χ2n) is 7.51. The van der Waals surface area contributed by atoms with Gasteiger partial charge in [0, 0.05) is 29.9 Å². The number of likely N-dealkylation sites (N-methyl/N-ethyl adjacent to an activating group) is 1. The fourth-order valence-corrected chi connectivity index (χ4v) is 4.36. The van der Waals surface area contributed by atoms with Gasteiger partial charge in [0.2, 0.25) is 11.8 Å². The van der Waals surface area contributed by atoms with Crippen molar-refractivity contribution < 1.29 is 9.59 Å². The minimum atomic E-state index is -0.611. The molecule has 0 saturated heterocycles. The Morgan fingerprint density at radius 2 is 1.62 bits per heavy atom. The maximum absolute atomic E-state index is 13.5. The van der Waals surface area contributed by atoms with E-state index in [0.717, 1.165) is 21.6 Å². The normalized spacial score (nSPS) is 11.6. The molecular formula is C26H27ClN2O2S. The van der Waals surface area contributed by atoms with E-state index >= 15 is 0 Å². The number of nitrogens with one attached hydrogen (secondary N) is 1. The van der Waals surface area contributed by atoms with Gasteiger partial charge in [0.25, 0.3) is 0 Å². The zero-order valence-electron chi connectivity index (χ0n) is 18.3. The molecule has 4 nitrogen and oxygen atoms in total. The van der Waals surface area contributed by atoms with Crippen molar-refractivity contribution in [1.82, 2.24) is 10.2 Å². The first-order chi connectivity index (χ1) is 15.5. The zero-order valence-corrected chi connectivity index (χ0v) is 19.8. The largest absolute Gasteiger partial charge is 0.357 e. The summed E-state index contributed by atoms with van der Waals surface area (Å²) >= 11 is 7.41. The molecule has 6 heteroatoms. The highest BCUT2D eigenvalue weighted by Crippen LogP contribution is 2.23. The van der Waals surface area contributed by atoms with Crippen molar-refractivity contribution in [2.75, 3.05) is 12.8 Å². The summed E-state index contributed by atoms with van der Waals surface area (Å²) in [5.74, 6) is -0.0273. The molecule has 0 aliphatic carbocycles. The highest BCUT2D eigenvalue weighted by atomic mass is 35.5. The van der Waals surface area contributed by atoms with E-state index in [1.165, 1.54) is 11.8 Å². The highest BCUT2D eigenvalue weighted by molar-refractivity contribution is 8.00. The van der Waals surface area contributed by atoms with E-state index in [4.69, 9.17) is 11.6 Å². The fraction of sp³-hybridized carbons (Fsp3) is 0.231. The molecule has 0 spiro atoms. The van der Waals surface area contributed by atoms with Gasteiger partial charge in [-0.05, 0) is 47.9 Å². The summed E-state index contributed by atoms with van der Waals surface area (Å²) in [7, 11) is 1.61. The summed E-state index contributed by atoms with van der Waals surface area (Å²) in [5, 5.41) is 3.40. The van der Waals surface area contributed by atoms with Gasteiger partial charge in [-0.1, -0.05) is 66.2 Å². The molecule has 0 aliphatic rings. The van der Waals surface area contributed by atoms with E-state index in [1.807, 2.05) is 85.8 Å². The van der Waals surface area contributed by atoms with Crippen LogP contribution in [0, 0.1) is 6.92 Å². The summed E-state index contributed by atoms with van der Waals surface area (Å²) in [6, 6.07) is 24.5. The summed E-state index contributed by atoms with van der Waals surface area (Å²) in [6.07, 6.45) is 0.448. The zero-order chi connectivity index (χ0) is 22.9. The fourth-order valence-electron chi connectivity index (χ4n) is 3.45. The van der Waals surface area contributed by atoms with Crippen molar-refractivity contribution >= 4 is 35.2 Å². The lowest BCUT2D eigenvalue weighted by atomic mass is 10.0. The van der Waals surface area contributed by atoms with Gasteiger partial charge in [-0.3, -0.25) is 9.59 Å². The summed E-state index contributed by atoms with van der Waals surface area (Å²) in [5.41, 5.74) is 3.12. The predicted octanol–water partition coefficient (Wildman–Crippen LogP) is 5.13. The number of aryl methyl sites for hydroxylation is 1. The number of nitrogens with zero attached hydrogens (tertiary/aromatic N) is 1. The molecule has 3 aromatic carbocycles. The van der Waals surface area contributed by atoms with Crippen LogP contribution in [0.1, 0.15) is 16.7 Å². The minimum Gasteiger partial charge on any atom is -0.357 e. The SMILES string of the molecule is CNC(=O)C(Cc1ccccc1)N(Cc1ccccc1C)C(=O)CSc1ccc(Cl)cc1.